The van der Waals surface area contributed by atoms with Crippen molar-refractivity contribution < 1.29 is 9.59 Å². The molecule has 0 spiro atoms. The molecule has 1 aliphatic rings. The second-order valence-electron chi connectivity index (χ2n) is 8.76. The van der Waals surface area contributed by atoms with Gasteiger partial charge in [0.15, 0.2) is 5.71 Å². The smallest absolute Gasteiger partial charge is 0.280 e. The van der Waals surface area contributed by atoms with E-state index in [1.54, 1.807) is 29.2 Å². The van der Waals surface area contributed by atoms with Crippen molar-refractivity contribution in [3.05, 3.63) is 136 Å². The molecule has 1 N–H and O–H groups in total. The molecule has 4 aromatic rings. The van der Waals surface area contributed by atoms with Gasteiger partial charge in [0.2, 0.25) is 0 Å². The molecule has 0 atom stereocenters. The highest BCUT2D eigenvalue weighted by molar-refractivity contribution is 9.10. The molecule has 0 fully saturated rings. The van der Waals surface area contributed by atoms with Gasteiger partial charge in [-0.15, -0.1) is 0 Å². The Morgan fingerprint density at radius 1 is 0.811 bits per heavy atom. The van der Waals surface area contributed by atoms with Crippen LogP contribution in [0, 0.1) is 0 Å². The van der Waals surface area contributed by atoms with Gasteiger partial charge in [-0.25, -0.2) is 5.43 Å². The lowest BCUT2D eigenvalue weighted by Gasteiger charge is -2.28. The molecule has 37 heavy (non-hydrogen) atoms. The summed E-state index contributed by atoms with van der Waals surface area (Å²) in [5.74, 6) is -0.627. The zero-order chi connectivity index (χ0) is 25.6. The van der Waals surface area contributed by atoms with Crippen LogP contribution >= 0.6 is 15.9 Å². The number of fused-ring (bicyclic) bond motifs is 1. The largest absolute Gasteiger partial charge is 0.293 e. The van der Waals surface area contributed by atoms with Gasteiger partial charge >= 0.3 is 0 Å². The molecule has 0 radical (unpaired) electrons. The summed E-state index contributed by atoms with van der Waals surface area (Å²) in [4.78, 5) is 30.2. The minimum atomic E-state index is -0.370. The topological polar surface area (TPSA) is 65.0 Å². The molecule has 0 aromatic heterocycles. The van der Waals surface area contributed by atoms with Crippen LogP contribution in [0.4, 0.5) is 5.69 Å². The van der Waals surface area contributed by atoms with Crippen LogP contribution in [0.25, 0.3) is 0 Å². The summed E-state index contributed by atoms with van der Waals surface area (Å²) in [5.41, 5.74) is 6.98. The van der Waals surface area contributed by atoms with Gasteiger partial charge in [0.05, 0.1) is 12.4 Å². The van der Waals surface area contributed by atoms with E-state index in [2.05, 4.69) is 55.6 Å². The third-order valence-electron chi connectivity index (χ3n) is 6.10. The van der Waals surface area contributed by atoms with Crippen LogP contribution < -0.4 is 10.3 Å². The summed E-state index contributed by atoms with van der Waals surface area (Å²) >= 11 is 3.51. The number of carbonyl (C=O) groups is 2. The van der Waals surface area contributed by atoms with Crippen molar-refractivity contribution in [2.75, 3.05) is 11.6 Å². The molecule has 0 saturated carbocycles. The number of hydrazone groups is 1. The Morgan fingerprint density at radius 3 is 1.97 bits per heavy atom. The summed E-state index contributed by atoms with van der Waals surface area (Å²) in [7, 11) is 0. The van der Waals surface area contributed by atoms with Gasteiger partial charge < -0.3 is 0 Å². The van der Waals surface area contributed by atoms with E-state index in [1.165, 1.54) is 0 Å². The summed E-state index contributed by atoms with van der Waals surface area (Å²) < 4.78 is 0.827. The van der Waals surface area contributed by atoms with Crippen LogP contribution in [0.3, 0.4) is 0 Å². The molecule has 0 saturated heterocycles. The highest BCUT2D eigenvalue weighted by Crippen LogP contribution is 2.32. The van der Waals surface area contributed by atoms with Crippen LogP contribution in [0.2, 0.25) is 0 Å². The van der Waals surface area contributed by atoms with Crippen LogP contribution in [-0.4, -0.2) is 29.1 Å². The Bertz CT molecular complexity index is 1380. The molecule has 0 bridgehead atoms. The number of anilines is 1. The first-order chi connectivity index (χ1) is 18.1. The number of rotatable bonds is 8. The Hall–Kier alpha value is -4.07. The minimum absolute atomic E-state index is 0.208. The molecule has 2 amide bonds. The van der Waals surface area contributed by atoms with Crippen molar-refractivity contribution in [2.24, 2.45) is 5.10 Å². The van der Waals surface area contributed by atoms with E-state index >= 15 is 0 Å². The highest BCUT2D eigenvalue weighted by atomic mass is 79.9. The number of carbonyl (C=O) groups excluding carboxylic acids is 2. The maximum Gasteiger partial charge on any atom is 0.280 e. The zero-order valence-corrected chi connectivity index (χ0v) is 21.6. The summed E-state index contributed by atoms with van der Waals surface area (Å²) in [5, 5.41) is 4.28. The third kappa shape index (κ3) is 5.85. The first kappa shape index (κ1) is 24.6. The zero-order valence-electron chi connectivity index (χ0n) is 20.0. The summed E-state index contributed by atoms with van der Waals surface area (Å²) in [6.45, 7) is 1.70. The first-order valence-corrected chi connectivity index (χ1v) is 12.7. The van der Waals surface area contributed by atoms with E-state index < -0.39 is 0 Å². The van der Waals surface area contributed by atoms with E-state index in [-0.39, 0.29) is 17.5 Å². The van der Waals surface area contributed by atoms with Gasteiger partial charge in [0.1, 0.15) is 0 Å². The lowest BCUT2D eigenvalue weighted by molar-refractivity contribution is -0.112. The number of amides is 2. The van der Waals surface area contributed by atoms with Crippen LogP contribution in [0.15, 0.2) is 119 Å². The maximum absolute atomic E-state index is 13.7. The number of hydrogen-bond donors (Lipinski definition) is 1. The fourth-order valence-electron chi connectivity index (χ4n) is 4.33. The van der Waals surface area contributed by atoms with Crippen LogP contribution in [0.5, 0.6) is 0 Å². The second kappa shape index (κ2) is 11.3. The van der Waals surface area contributed by atoms with Gasteiger partial charge in [-0.3, -0.25) is 19.4 Å². The van der Waals surface area contributed by atoms with Gasteiger partial charge in [-0.05, 0) is 41.5 Å². The molecule has 5 rings (SSSR count). The van der Waals surface area contributed by atoms with Crippen LogP contribution in [-0.2, 0) is 17.9 Å². The van der Waals surface area contributed by atoms with E-state index in [9.17, 15) is 9.59 Å². The van der Waals surface area contributed by atoms with Crippen molar-refractivity contribution in [1.29, 1.82) is 0 Å². The Balaban J connectivity index is 1.43. The lowest BCUT2D eigenvalue weighted by atomic mass is 10.1. The van der Waals surface area contributed by atoms with E-state index in [0.717, 1.165) is 21.3 Å². The standard InChI is InChI=1S/C30H25BrN4O2/c31-25-16-17-27-26(18-25)28(32-33-29(36)24-14-8-3-9-15-24)30(37)35(27)21-34(19-22-10-4-1-5-11-22)20-23-12-6-2-7-13-23/h1-18H,19-21H2,(H,33,36)/b32-28-. The monoisotopic (exact) mass is 552 g/mol. The molecule has 7 heteroatoms. The summed E-state index contributed by atoms with van der Waals surface area (Å²) in [6.07, 6.45) is 0. The predicted molar refractivity (Wildman–Crippen MR) is 149 cm³/mol. The number of nitrogens with zero attached hydrogens (tertiary/aromatic N) is 3. The molecule has 1 aliphatic heterocycles. The van der Waals surface area contributed by atoms with Crippen LogP contribution in [0.1, 0.15) is 27.0 Å². The average Bonchev–Trinajstić information content (AvgIpc) is 3.18. The van der Waals surface area contributed by atoms with Gasteiger partial charge in [-0.1, -0.05) is 94.8 Å². The number of benzene rings is 4. The Kier molecular flexibility index (Phi) is 7.54. The summed E-state index contributed by atoms with van der Waals surface area (Å²) in [6, 6.07) is 34.9. The van der Waals surface area contributed by atoms with Crippen molar-refractivity contribution in [3.63, 3.8) is 0 Å². The second-order valence-corrected chi connectivity index (χ2v) is 9.68. The molecule has 0 aliphatic carbocycles. The SMILES string of the molecule is O=C(N/N=C1\C(=O)N(CN(Cc2ccccc2)Cc2ccccc2)c2ccc(Br)cc21)c1ccccc1. The van der Waals surface area contributed by atoms with E-state index in [4.69, 9.17) is 0 Å². The van der Waals surface area contributed by atoms with Gasteiger partial charge in [-0.2, -0.15) is 5.10 Å². The van der Waals surface area contributed by atoms with Gasteiger partial charge in [0.25, 0.3) is 11.8 Å². The quantitative estimate of drug-likeness (QED) is 0.290. The molecule has 184 valence electrons. The molecule has 6 nitrogen and oxygen atoms in total. The third-order valence-corrected chi connectivity index (χ3v) is 6.59. The predicted octanol–water partition coefficient (Wildman–Crippen LogP) is 5.59. The van der Waals surface area contributed by atoms with Crippen molar-refractivity contribution in [1.82, 2.24) is 10.3 Å². The fraction of sp³-hybridized carbons (Fsp3) is 0.100. The van der Waals surface area contributed by atoms with Crippen molar-refractivity contribution in [2.45, 2.75) is 13.1 Å². The lowest BCUT2D eigenvalue weighted by Crippen LogP contribution is -2.41. The minimum Gasteiger partial charge on any atom is -0.293 e. The number of nitrogens with one attached hydrogen (secondary N) is 1. The Labute approximate surface area is 224 Å². The number of hydrogen-bond acceptors (Lipinski definition) is 4. The van der Waals surface area contributed by atoms with Crippen molar-refractivity contribution in [3.8, 4) is 0 Å². The molecule has 4 aromatic carbocycles. The van der Waals surface area contributed by atoms with Crippen molar-refractivity contribution >= 4 is 39.1 Å². The molecule has 1 heterocycles. The highest BCUT2D eigenvalue weighted by Gasteiger charge is 2.35. The maximum atomic E-state index is 13.7. The molecular weight excluding hydrogens is 528 g/mol. The normalized spacial score (nSPS) is 13.7. The van der Waals surface area contributed by atoms with E-state index in [1.807, 2.05) is 60.7 Å². The fourth-order valence-corrected chi connectivity index (χ4v) is 4.70. The molecule has 0 unspecified atom stereocenters. The average molecular weight is 553 g/mol. The first-order valence-electron chi connectivity index (χ1n) is 11.9. The Morgan fingerprint density at radius 2 is 1.38 bits per heavy atom. The number of halogens is 1. The van der Waals surface area contributed by atoms with Gasteiger partial charge in [0, 0.05) is 28.7 Å². The van der Waals surface area contributed by atoms with E-state index in [0.29, 0.717) is 30.9 Å². The molecular formula is C30H25BrN4O2.